The highest BCUT2D eigenvalue weighted by Crippen LogP contribution is 2.33. The molecule has 0 fully saturated rings. The largest absolute Gasteiger partial charge is 0.335 e. The molecule has 1 aromatic heterocycles. The number of amides is 1. The summed E-state index contributed by atoms with van der Waals surface area (Å²) in [4.78, 5) is 12.2. The number of para-hydroxylation sites is 1. The van der Waals surface area contributed by atoms with Gasteiger partial charge in [0.05, 0.1) is 31.5 Å². The van der Waals surface area contributed by atoms with Crippen molar-refractivity contribution in [1.29, 1.82) is 0 Å². The number of rotatable bonds is 5. The number of hydrogen-bond donors (Lipinski definition) is 2. The number of carbonyl (C=O) groups is 1. The topological polar surface area (TPSA) is 85.8 Å². The van der Waals surface area contributed by atoms with Gasteiger partial charge in [-0.05, 0) is 24.3 Å². The van der Waals surface area contributed by atoms with Gasteiger partial charge in [0.1, 0.15) is 5.82 Å². The van der Waals surface area contributed by atoms with E-state index in [9.17, 15) is 9.18 Å². The highest BCUT2D eigenvalue weighted by atomic mass is 35.5. The maximum absolute atomic E-state index is 13.7. The van der Waals surface area contributed by atoms with Crippen LogP contribution in [0.4, 0.5) is 10.1 Å². The Bertz CT molecular complexity index is 1040. The fourth-order valence-electron chi connectivity index (χ4n) is 2.18. The van der Waals surface area contributed by atoms with E-state index in [1.807, 2.05) is 0 Å². The molecule has 1 amide bonds. The second-order valence-corrected chi connectivity index (χ2v) is 7.93. The Morgan fingerprint density at radius 2 is 1.79 bits per heavy atom. The SMILES string of the molecule is Nn1c(SCC(=O)Nc2c(Cl)cccc2Cl)nnc1-c1cc(F)c(Cl)cc1Cl. The van der Waals surface area contributed by atoms with Gasteiger partial charge in [-0.2, -0.15) is 0 Å². The van der Waals surface area contributed by atoms with Crippen LogP contribution in [0, 0.1) is 5.82 Å². The zero-order valence-electron chi connectivity index (χ0n) is 13.7. The van der Waals surface area contributed by atoms with Crippen LogP contribution in [0.3, 0.4) is 0 Å². The van der Waals surface area contributed by atoms with Gasteiger partial charge in [0.2, 0.25) is 11.1 Å². The Morgan fingerprint density at radius 3 is 2.46 bits per heavy atom. The van der Waals surface area contributed by atoms with Crippen LogP contribution in [0.5, 0.6) is 0 Å². The van der Waals surface area contributed by atoms with Crippen molar-refractivity contribution in [3.05, 3.63) is 56.2 Å². The molecule has 2 aromatic carbocycles. The lowest BCUT2D eigenvalue weighted by atomic mass is 10.2. The van der Waals surface area contributed by atoms with Crippen LogP contribution in [0.2, 0.25) is 20.1 Å². The van der Waals surface area contributed by atoms with E-state index in [2.05, 4.69) is 15.5 Å². The minimum absolute atomic E-state index is 0.0421. The monoisotopic (exact) mass is 479 g/mol. The van der Waals surface area contributed by atoms with Gasteiger partial charge in [-0.1, -0.05) is 64.2 Å². The molecule has 146 valence electrons. The van der Waals surface area contributed by atoms with Crippen LogP contribution in [0.1, 0.15) is 0 Å². The number of benzene rings is 2. The maximum Gasteiger partial charge on any atom is 0.234 e. The standard InChI is InChI=1S/C16H10Cl4FN5OS/c17-8-2-1-3-9(18)14(8)23-13(27)6-28-16-25-24-15(26(16)22)7-4-12(21)11(20)5-10(7)19/h1-5H,6,22H2,(H,23,27). The van der Waals surface area contributed by atoms with Crippen molar-refractivity contribution in [2.24, 2.45) is 0 Å². The molecule has 0 saturated heterocycles. The van der Waals surface area contributed by atoms with E-state index >= 15 is 0 Å². The normalized spacial score (nSPS) is 10.9. The van der Waals surface area contributed by atoms with E-state index in [1.165, 1.54) is 6.07 Å². The van der Waals surface area contributed by atoms with Gasteiger partial charge in [-0.3, -0.25) is 4.79 Å². The summed E-state index contributed by atoms with van der Waals surface area (Å²) >= 11 is 24.8. The number of carbonyl (C=O) groups excluding carboxylic acids is 1. The second kappa shape index (κ2) is 8.75. The number of hydrogen-bond acceptors (Lipinski definition) is 5. The molecule has 0 unspecified atom stereocenters. The lowest BCUT2D eigenvalue weighted by Gasteiger charge is -2.09. The Morgan fingerprint density at radius 1 is 1.11 bits per heavy atom. The molecule has 0 radical (unpaired) electrons. The molecule has 0 atom stereocenters. The molecule has 28 heavy (non-hydrogen) atoms. The van der Waals surface area contributed by atoms with Crippen molar-refractivity contribution in [2.75, 3.05) is 16.9 Å². The molecule has 6 nitrogen and oxygen atoms in total. The van der Waals surface area contributed by atoms with E-state index < -0.39 is 5.82 Å². The number of anilines is 1. The van der Waals surface area contributed by atoms with Crippen molar-refractivity contribution >= 4 is 69.8 Å². The Balaban J connectivity index is 1.73. The molecule has 0 aliphatic rings. The minimum atomic E-state index is -0.672. The molecule has 3 N–H and O–H groups in total. The summed E-state index contributed by atoms with van der Waals surface area (Å²) in [6.45, 7) is 0. The molecule has 3 aromatic rings. The number of halogens is 5. The van der Waals surface area contributed by atoms with E-state index in [0.717, 1.165) is 22.5 Å². The van der Waals surface area contributed by atoms with Crippen LogP contribution in [-0.4, -0.2) is 26.5 Å². The molecule has 0 aliphatic heterocycles. The van der Waals surface area contributed by atoms with Crippen LogP contribution < -0.4 is 11.2 Å². The third kappa shape index (κ3) is 4.47. The number of aromatic nitrogens is 3. The first-order valence-electron chi connectivity index (χ1n) is 7.50. The van der Waals surface area contributed by atoms with Gasteiger partial charge in [-0.25, -0.2) is 9.07 Å². The fraction of sp³-hybridized carbons (Fsp3) is 0.0625. The highest BCUT2D eigenvalue weighted by molar-refractivity contribution is 7.99. The van der Waals surface area contributed by atoms with Gasteiger partial charge in [0.25, 0.3) is 0 Å². The summed E-state index contributed by atoms with van der Waals surface area (Å²) in [6.07, 6.45) is 0. The van der Waals surface area contributed by atoms with E-state index in [4.69, 9.17) is 52.2 Å². The third-order valence-corrected chi connectivity index (χ3v) is 5.65. The maximum atomic E-state index is 13.7. The minimum Gasteiger partial charge on any atom is -0.335 e. The second-order valence-electron chi connectivity index (χ2n) is 5.36. The molecule has 0 bridgehead atoms. The van der Waals surface area contributed by atoms with Crippen LogP contribution in [-0.2, 0) is 4.79 Å². The van der Waals surface area contributed by atoms with Crippen molar-refractivity contribution < 1.29 is 9.18 Å². The van der Waals surface area contributed by atoms with E-state index in [1.54, 1.807) is 18.2 Å². The summed E-state index contributed by atoms with van der Waals surface area (Å²) in [5, 5.41) is 11.3. The van der Waals surface area contributed by atoms with E-state index in [0.29, 0.717) is 15.7 Å². The summed E-state index contributed by atoms with van der Waals surface area (Å²) in [7, 11) is 0. The van der Waals surface area contributed by atoms with Gasteiger partial charge < -0.3 is 11.2 Å². The predicted octanol–water partition coefficient (Wildman–Crippen LogP) is 5.14. The Hall–Kier alpha value is -1.71. The molecule has 0 saturated carbocycles. The predicted molar refractivity (Wildman–Crippen MR) is 111 cm³/mol. The summed E-state index contributed by atoms with van der Waals surface area (Å²) in [5.74, 6) is 5.00. The van der Waals surface area contributed by atoms with Gasteiger partial charge >= 0.3 is 0 Å². The lowest BCUT2D eigenvalue weighted by Crippen LogP contribution is -2.17. The van der Waals surface area contributed by atoms with Crippen molar-refractivity contribution in [2.45, 2.75) is 5.16 Å². The van der Waals surface area contributed by atoms with Crippen molar-refractivity contribution in [1.82, 2.24) is 14.9 Å². The first-order chi connectivity index (χ1) is 13.3. The van der Waals surface area contributed by atoms with Gasteiger partial charge in [-0.15, -0.1) is 10.2 Å². The first-order valence-corrected chi connectivity index (χ1v) is 9.99. The molecule has 0 aliphatic carbocycles. The molecule has 3 rings (SSSR count). The van der Waals surface area contributed by atoms with Gasteiger partial charge in [0.15, 0.2) is 5.82 Å². The molecule has 0 spiro atoms. The summed E-state index contributed by atoms with van der Waals surface area (Å²) in [5.41, 5.74) is 0.535. The Labute approximate surface area is 183 Å². The lowest BCUT2D eigenvalue weighted by molar-refractivity contribution is -0.113. The molecular weight excluding hydrogens is 471 g/mol. The van der Waals surface area contributed by atoms with Gasteiger partial charge in [0, 0.05) is 5.56 Å². The third-order valence-electron chi connectivity index (χ3n) is 3.47. The average Bonchev–Trinajstić information content (AvgIpc) is 3.00. The first kappa shape index (κ1) is 21.0. The van der Waals surface area contributed by atoms with Crippen molar-refractivity contribution in [3.63, 3.8) is 0 Å². The number of thioether (sulfide) groups is 1. The zero-order chi connectivity index (χ0) is 20.4. The molecule has 12 heteroatoms. The number of nitrogen functional groups attached to an aromatic ring is 1. The smallest absolute Gasteiger partial charge is 0.234 e. The number of nitrogens with two attached hydrogens (primary N) is 1. The number of nitrogens with zero attached hydrogens (tertiary/aromatic N) is 3. The molecular formula is C16H10Cl4FN5OS. The summed E-state index contributed by atoms with van der Waals surface area (Å²) in [6, 6.07) is 7.23. The number of nitrogens with one attached hydrogen (secondary N) is 1. The van der Waals surface area contributed by atoms with Crippen molar-refractivity contribution in [3.8, 4) is 11.4 Å². The average molecular weight is 481 g/mol. The Kier molecular flexibility index (Phi) is 6.57. The zero-order valence-corrected chi connectivity index (χ0v) is 17.6. The van der Waals surface area contributed by atoms with Crippen LogP contribution in [0.15, 0.2) is 35.5 Å². The van der Waals surface area contributed by atoms with Crippen LogP contribution >= 0.6 is 58.2 Å². The van der Waals surface area contributed by atoms with E-state index in [-0.39, 0.29) is 38.2 Å². The van der Waals surface area contributed by atoms with Crippen LogP contribution in [0.25, 0.3) is 11.4 Å². The molecule has 1 heterocycles. The highest BCUT2D eigenvalue weighted by Gasteiger charge is 2.18. The summed E-state index contributed by atoms with van der Waals surface area (Å²) < 4.78 is 14.8. The fourth-order valence-corrected chi connectivity index (χ4v) is 3.79. The quantitative estimate of drug-likeness (QED) is 0.300.